The fourth-order valence-corrected chi connectivity index (χ4v) is 1.65. The standard InChI is InChI=1S/C12H12ClFN4O/c1-15-12-16-6-8(14)11(18-12)17-9-5-7(13)3-4-10(9)19-2/h3-6H,1-2H3,(H2,15,16,17,18). The number of nitrogens with zero attached hydrogens (tertiary/aromatic N) is 2. The summed E-state index contributed by atoms with van der Waals surface area (Å²) in [5.41, 5.74) is 0.523. The Hall–Kier alpha value is -2.08. The van der Waals surface area contributed by atoms with E-state index in [1.54, 1.807) is 25.2 Å². The van der Waals surface area contributed by atoms with Crippen LogP contribution < -0.4 is 15.4 Å². The van der Waals surface area contributed by atoms with Crippen LogP contribution in [0.15, 0.2) is 24.4 Å². The largest absolute Gasteiger partial charge is 0.495 e. The lowest BCUT2D eigenvalue weighted by Gasteiger charge is -2.12. The molecule has 100 valence electrons. The van der Waals surface area contributed by atoms with E-state index in [0.29, 0.717) is 22.4 Å². The maximum atomic E-state index is 13.6. The van der Waals surface area contributed by atoms with Crippen LogP contribution in [0.25, 0.3) is 0 Å². The Kier molecular flexibility index (Phi) is 4.01. The number of anilines is 3. The zero-order valence-electron chi connectivity index (χ0n) is 10.4. The maximum Gasteiger partial charge on any atom is 0.224 e. The van der Waals surface area contributed by atoms with Crippen LogP contribution >= 0.6 is 11.6 Å². The van der Waals surface area contributed by atoms with E-state index in [4.69, 9.17) is 16.3 Å². The molecule has 0 aliphatic heterocycles. The van der Waals surface area contributed by atoms with Gasteiger partial charge in [0.25, 0.3) is 0 Å². The summed E-state index contributed by atoms with van der Waals surface area (Å²) in [6.45, 7) is 0. The molecule has 0 bridgehead atoms. The number of nitrogens with one attached hydrogen (secondary N) is 2. The molecule has 7 heteroatoms. The minimum Gasteiger partial charge on any atom is -0.495 e. The summed E-state index contributed by atoms with van der Waals surface area (Å²) in [6.07, 6.45) is 1.08. The van der Waals surface area contributed by atoms with Crippen LogP contribution in [0.2, 0.25) is 5.02 Å². The number of hydrogen-bond donors (Lipinski definition) is 2. The monoisotopic (exact) mass is 282 g/mol. The van der Waals surface area contributed by atoms with E-state index in [-0.39, 0.29) is 5.82 Å². The zero-order valence-corrected chi connectivity index (χ0v) is 11.1. The molecule has 0 aliphatic rings. The van der Waals surface area contributed by atoms with E-state index in [0.717, 1.165) is 6.20 Å². The van der Waals surface area contributed by atoms with Crippen molar-refractivity contribution in [3.05, 3.63) is 35.2 Å². The molecule has 2 rings (SSSR count). The molecule has 2 N–H and O–H groups in total. The first kappa shape index (κ1) is 13.4. The van der Waals surface area contributed by atoms with E-state index in [1.165, 1.54) is 7.11 Å². The zero-order chi connectivity index (χ0) is 13.8. The highest BCUT2D eigenvalue weighted by Gasteiger charge is 2.10. The van der Waals surface area contributed by atoms with Crippen LogP contribution in [0.4, 0.5) is 21.8 Å². The summed E-state index contributed by atoms with van der Waals surface area (Å²) < 4.78 is 18.8. The van der Waals surface area contributed by atoms with Gasteiger partial charge in [0.05, 0.1) is 19.0 Å². The Morgan fingerprint density at radius 1 is 1.37 bits per heavy atom. The van der Waals surface area contributed by atoms with E-state index >= 15 is 0 Å². The van der Waals surface area contributed by atoms with Gasteiger partial charge in [-0.2, -0.15) is 4.98 Å². The minimum atomic E-state index is -0.568. The second-order valence-electron chi connectivity index (χ2n) is 3.61. The van der Waals surface area contributed by atoms with Gasteiger partial charge in [-0.05, 0) is 18.2 Å². The SMILES string of the molecule is CNc1ncc(F)c(Nc2cc(Cl)ccc2OC)n1. The molecule has 1 heterocycles. The van der Waals surface area contributed by atoms with E-state index in [9.17, 15) is 4.39 Å². The number of rotatable bonds is 4. The number of hydrogen-bond acceptors (Lipinski definition) is 5. The molecule has 19 heavy (non-hydrogen) atoms. The molecule has 1 aromatic heterocycles. The van der Waals surface area contributed by atoms with Crippen molar-refractivity contribution in [3.8, 4) is 5.75 Å². The predicted molar refractivity (Wildman–Crippen MR) is 72.8 cm³/mol. The highest BCUT2D eigenvalue weighted by Crippen LogP contribution is 2.30. The molecule has 2 aromatic rings. The Morgan fingerprint density at radius 2 is 2.16 bits per heavy atom. The van der Waals surface area contributed by atoms with Gasteiger partial charge in [-0.1, -0.05) is 11.6 Å². The van der Waals surface area contributed by atoms with Gasteiger partial charge >= 0.3 is 0 Å². The second-order valence-corrected chi connectivity index (χ2v) is 4.05. The van der Waals surface area contributed by atoms with Crippen molar-refractivity contribution in [1.82, 2.24) is 9.97 Å². The normalized spacial score (nSPS) is 10.1. The Bertz CT molecular complexity index is 594. The lowest BCUT2D eigenvalue weighted by molar-refractivity contribution is 0.417. The number of aromatic nitrogens is 2. The van der Waals surface area contributed by atoms with Gasteiger partial charge in [0.15, 0.2) is 11.6 Å². The molecule has 5 nitrogen and oxygen atoms in total. The third kappa shape index (κ3) is 3.03. The van der Waals surface area contributed by atoms with Crippen molar-refractivity contribution in [3.63, 3.8) is 0 Å². The number of ether oxygens (including phenoxy) is 1. The molecule has 0 saturated heterocycles. The third-order valence-electron chi connectivity index (χ3n) is 2.38. The topological polar surface area (TPSA) is 59.1 Å². The lowest BCUT2D eigenvalue weighted by Crippen LogP contribution is -2.03. The second kappa shape index (κ2) is 5.71. The van der Waals surface area contributed by atoms with Crippen LogP contribution in [0.1, 0.15) is 0 Å². The molecule has 0 spiro atoms. The van der Waals surface area contributed by atoms with Gasteiger partial charge in [0.1, 0.15) is 5.75 Å². The maximum absolute atomic E-state index is 13.6. The first-order valence-electron chi connectivity index (χ1n) is 5.45. The summed E-state index contributed by atoms with van der Waals surface area (Å²) in [5, 5.41) is 6.07. The quantitative estimate of drug-likeness (QED) is 0.902. The fraction of sp³-hybridized carbons (Fsp3) is 0.167. The van der Waals surface area contributed by atoms with Crippen molar-refractivity contribution >= 4 is 29.1 Å². The van der Waals surface area contributed by atoms with Crippen molar-refractivity contribution in [2.45, 2.75) is 0 Å². The smallest absolute Gasteiger partial charge is 0.224 e. The molecular weight excluding hydrogens is 271 g/mol. The number of benzene rings is 1. The average Bonchev–Trinajstić information content (AvgIpc) is 2.41. The minimum absolute atomic E-state index is 0.0416. The summed E-state index contributed by atoms with van der Waals surface area (Å²) >= 11 is 5.90. The van der Waals surface area contributed by atoms with Gasteiger partial charge in [-0.3, -0.25) is 0 Å². The molecule has 0 unspecified atom stereocenters. The highest BCUT2D eigenvalue weighted by molar-refractivity contribution is 6.31. The molecule has 0 saturated carbocycles. The molecular formula is C12H12ClFN4O. The van der Waals surface area contributed by atoms with Crippen LogP contribution in [0, 0.1) is 5.82 Å². The average molecular weight is 283 g/mol. The lowest BCUT2D eigenvalue weighted by atomic mass is 10.3. The van der Waals surface area contributed by atoms with Crippen LogP contribution in [0.3, 0.4) is 0 Å². The molecule has 0 radical (unpaired) electrons. The number of halogens is 2. The molecule has 0 aliphatic carbocycles. The first-order chi connectivity index (χ1) is 9.13. The van der Waals surface area contributed by atoms with Crippen LogP contribution in [0.5, 0.6) is 5.75 Å². The van der Waals surface area contributed by atoms with Gasteiger partial charge in [0, 0.05) is 12.1 Å². The van der Waals surface area contributed by atoms with Crippen molar-refractivity contribution < 1.29 is 9.13 Å². The van der Waals surface area contributed by atoms with Crippen molar-refractivity contribution in [2.75, 3.05) is 24.8 Å². The van der Waals surface area contributed by atoms with Crippen LogP contribution in [-0.4, -0.2) is 24.1 Å². The predicted octanol–water partition coefficient (Wildman–Crippen LogP) is 3.06. The van der Waals surface area contributed by atoms with Crippen molar-refractivity contribution in [2.24, 2.45) is 0 Å². The first-order valence-corrected chi connectivity index (χ1v) is 5.82. The highest BCUT2D eigenvalue weighted by atomic mass is 35.5. The van der Waals surface area contributed by atoms with Gasteiger partial charge in [0.2, 0.25) is 5.95 Å². The Balaban J connectivity index is 2.37. The van der Waals surface area contributed by atoms with Crippen molar-refractivity contribution in [1.29, 1.82) is 0 Å². The molecule has 0 atom stereocenters. The van der Waals surface area contributed by atoms with E-state index < -0.39 is 5.82 Å². The summed E-state index contributed by atoms with van der Waals surface area (Å²) in [6, 6.07) is 4.99. The fourth-order valence-electron chi connectivity index (χ4n) is 1.48. The molecule has 0 amide bonds. The van der Waals surface area contributed by atoms with E-state index in [1.807, 2.05) is 0 Å². The summed E-state index contributed by atoms with van der Waals surface area (Å²) in [5.74, 6) is 0.319. The summed E-state index contributed by atoms with van der Waals surface area (Å²) in [7, 11) is 3.17. The molecule has 1 aromatic carbocycles. The van der Waals surface area contributed by atoms with Gasteiger partial charge in [-0.15, -0.1) is 0 Å². The van der Waals surface area contributed by atoms with E-state index in [2.05, 4.69) is 20.6 Å². The Morgan fingerprint density at radius 3 is 2.84 bits per heavy atom. The number of methoxy groups -OCH3 is 1. The van der Waals surface area contributed by atoms with Gasteiger partial charge < -0.3 is 15.4 Å². The van der Waals surface area contributed by atoms with Crippen LogP contribution in [-0.2, 0) is 0 Å². The van der Waals surface area contributed by atoms with Gasteiger partial charge in [-0.25, -0.2) is 9.37 Å². The summed E-state index contributed by atoms with van der Waals surface area (Å²) in [4.78, 5) is 7.75. The third-order valence-corrected chi connectivity index (χ3v) is 2.62. The Labute approximate surface area is 114 Å². The molecule has 0 fully saturated rings.